The zero-order valence-corrected chi connectivity index (χ0v) is 10.6. The van der Waals surface area contributed by atoms with Crippen LogP contribution in [0.4, 0.5) is 0 Å². The van der Waals surface area contributed by atoms with Crippen LogP contribution in [0, 0.1) is 12.8 Å². The lowest BCUT2D eigenvalue weighted by molar-refractivity contribution is 0.154. The second-order valence-corrected chi connectivity index (χ2v) is 5.27. The maximum Gasteiger partial charge on any atom is 0.0818 e. The van der Waals surface area contributed by atoms with Gasteiger partial charge in [0.1, 0.15) is 0 Å². The second-order valence-electron chi connectivity index (χ2n) is 5.27. The van der Waals surface area contributed by atoms with Crippen LogP contribution in [0.5, 0.6) is 0 Å². The summed E-state index contributed by atoms with van der Waals surface area (Å²) < 4.78 is 0. The number of hydrogen-bond acceptors (Lipinski definition) is 1. The predicted molar refractivity (Wildman–Crippen MR) is 74.3 cm³/mol. The van der Waals surface area contributed by atoms with Crippen molar-refractivity contribution in [1.82, 2.24) is 0 Å². The Kier molecular flexibility index (Phi) is 2.92. The first-order valence-corrected chi connectivity index (χ1v) is 6.59. The summed E-state index contributed by atoms with van der Waals surface area (Å²) in [5.41, 5.74) is 4.77. The van der Waals surface area contributed by atoms with Crippen LogP contribution in [-0.2, 0) is 0 Å². The number of hydrogen-bond donors (Lipinski definition) is 1. The molecule has 1 fully saturated rings. The number of aliphatic hydroxyl groups is 1. The van der Waals surface area contributed by atoms with Gasteiger partial charge in [0, 0.05) is 0 Å². The molecule has 18 heavy (non-hydrogen) atoms. The second kappa shape index (κ2) is 4.58. The molecule has 1 atom stereocenters. The molecule has 2 aromatic rings. The highest BCUT2D eigenvalue weighted by molar-refractivity contribution is 5.64. The third kappa shape index (κ3) is 2.32. The van der Waals surface area contributed by atoms with E-state index in [0.717, 1.165) is 5.56 Å². The van der Waals surface area contributed by atoms with Crippen molar-refractivity contribution in [3.05, 3.63) is 59.7 Å². The van der Waals surface area contributed by atoms with E-state index in [4.69, 9.17) is 0 Å². The normalized spacial score (nSPS) is 16.6. The van der Waals surface area contributed by atoms with Crippen molar-refractivity contribution in [3.8, 4) is 11.1 Å². The monoisotopic (exact) mass is 238 g/mol. The van der Waals surface area contributed by atoms with E-state index in [2.05, 4.69) is 55.5 Å². The molecular formula is C17H18O. The van der Waals surface area contributed by atoms with Crippen molar-refractivity contribution in [1.29, 1.82) is 0 Å². The smallest absolute Gasteiger partial charge is 0.0818 e. The molecule has 1 saturated carbocycles. The average molecular weight is 238 g/mol. The Balaban J connectivity index is 1.83. The molecule has 0 heterocycles. The van der Waals surface area contributed by atoms with Gasteiger partial charge in [-0.3, -0.25) is 0 Å². The van der Waals surface area contributed by atoms with Gasteiger partial charge in [-0.25, -0.2) is 0 Å². The van der Waals surface area contributed by atoms with E-state index in [-0.39, 0.29) is 6.10 Å². The van der Waals surface area contributed by atoms with Crippen molar-refractivity contribution in [2.24, 2.45) is 5.92 Å². The lowest BCUT2D eigenvalue weighted by Gasteiger charge is -2.10. The molecule has 0 spiro atoms. The van der Waals surface area contributed by atoms with Crippen LogP contribution in [-0.4, -0.2) is 5.11 Å². The van der Waals surface area contributed by atoms with Crippen molar-refractivity contribution in [2.75, 3.05) is 0 Å². The fraction of sp³-hybridized carbons (Fsp3) is 0.294. The first-order chi connectivity index (χ1) is 8.74. The fourth-order valence-corrected chi connectivity index (χ4v) is 2.30. The minimum absolute atomic E-state index is 0.267. The summed E-state index contributed by atoms with van der Waals surface area (Å²) in [5, 5.41) is 10.1. The zero-order chi connectivity index (χ0) is 12.5. The first kappa shape index (κ1) is 11.5. The van der Waals surface area contributed by atoms with Gasteiger partial charge in [-0.2, -0.15) is 0 Å². The third-order valence-corrected chi connectivity index (χ3v) is 3.71. The van der Waals surface area contributed by atoms with Crippen LogP contribution < -0.4 is 0 Å². The molecule has 1 N–H and O–H groups in total. The lowest BCUT2D eigenvalue weighted by atomic mass is 9.99. The number of aliphatic hydroxyl groups excluding tert-OH is 1. The third-order valence-electron chi connectivity index (χ3n) is 3.71. The van der Waals surface area contributed by atoms with Crippen molar-refractivity contribution in [2.45, 2.75) is 25.9 Å². The highest BCUT2D eigenvalue weighted by Crippen LogP contribution is 2.41. The molecule has 1 heteroatoms. The number of rotatable bonds is 3. The molecule has 0 saturated heterocycles. The van der Waals surface area contributed by atoms with Gasteiger partial charge in [-0.1, -0.05) is 54.1 Å². The molecule has 1 aliphatic rings. The highest BCUT2D eigenvalue weighted by Gasteiger charge is 2.30. The maximum absolute atomic E-state index is 10.1. The Morgan fingerprint density at radius 1 is 0.889 bits per heavy atom. The molecule has 3 rings (SSSR count). The van der Waals surface area contributed by atoms with Crippen molar-refractivity contribution >= 4 is 0 Å². The minimum atomic E-state index is -0.267. The summed E-state index contributed by atoms with van der Waals surface area (Å²) in [6, 6.07) is 16.8. The topological polar surface area (TPSA) is 20.2 Å². The molecule has 0 aliphatic heterocycles. The van der Waals surface area contributed by atoms with Gasteiger partial charge in [0.05, 0.1) is 6.10 Å². The Morgan fingerprint density at radius 2 is 1.39 bits per heavy atom. The Labute approximate surface area is 108 Å². The Hall–Kier alpha value is -1.60. The van der Waals surface area contributed by atoms with Crippen LogP contribution >= 0.6 is 0 Å². The lowest BCUT2D eigenvalue weighted by Crippen LogP contribution is -1.98. The maximum atomic E-state index is 10.1. The van der Waals surface area contributed by atoms with Gasteiger partial charge >= 0.3 is 0 Å². The standard InChI is InChI=1S/C17H18O/c1-12-2-4-13(5-3-12)14-6-8-15(9-7-14)17(18)16-10-11-16/h2-9,16-18H,10-11H2,1H3. The molecule has 92 valence electrons. The predicted octanol–water partition coefficient (Wildman–Crippen LogP) is 4.11. The summed E-state index contributed by atoms with van der Waals surface area (Å²) in [6.07, 6.45) is 2.07. The summed E-state index contributed by atoms with van der Waals surface area (Å²) in [7, 11) is 0. The van der Waals surface area contributed by atoms with Gasteiger partial charge in [-0.15, -0.1) is 0 Å². The summed E-state index contributed by atoms with van der Waals surface area (Å²) in [5.74, 6) is 0.496. The highest BCUT2D eigenvalue weighted by atomic mass is 16.3. The van der Waals surface area contributed by atoms with Crippen LogP contribution in [0.25, 0.3) is 11.1 Å². The van der Waals surface area contributed by atoms with Crippen LogP contribution in [0.15, 0.2) is 48.5 Å². The van der Waals surface area contributed by atoms with Gasteiger partial charge in [0.25, 0.3) is 0 Å². The Morgan fingerprint density at radius 3 is 1.89 bits per heavy atom. The molecule has 0 bridgehead atoms. The quantitative estimate of drug-likeness (QED) is 0.853. The van der Waals surface area contributed by atoms with E-state index in [1.54, 1.807) is 0 Å². The number of benzene rings is 2. The fourth-order valence-electron chi connectivity index (χ4n) is 2.30. The van der Waals surface area contributed by atoms with Crippen molar-refractivity contribution in [3.63, 3.8) is 0 Å². The zero-order valence-electron chi connectivity index (χ0n) is 10.6. The minimum Gasteiger partial charge on any atom is -0.388 e. The van der Waals surface area contributed by atoms with Crippen LogP contribution in [0.3, 0.4) is 0 Å². The summed E-state index contributed by atoms with van der Waals surface area (Å²) in [4.78, 5) is 0. The molecular weight excluding hydrogens is 220 g/mol. The number of aryl methyl sites for hydroxylation is 1. The largest absolute Gasteiger partial charge is 0.388 e. The molecule has 2 aromatic carbocycles. The molecule has 0 aromatic heterocycles. The van der Waals surface area contributed by atoms with Crippen molar-refractivity contribution < 1.29 is 5.11 Å². The molecule has 1 aliphatic carbocycles. The van der Waals surface area contributed by atoms with E-state index in [1.807, 2.05) is 0 Å². The van der Waals surface area contributed by atoms with Crippen LogP contribution in [0.2, 0.25) is 0 Å². The van der Waals surface area contributed by atoms with Gasteiger partial charge in [0.2, 0.25) is 0 Å². The van der Waals surface area contributed by atoms with E-state index in [1.165, 1.54) is 29.5 Å². The van der Waals surface area contributed by atoms with Gasteiger partial charge < -0.3 is 5.11 Å². The molecule has 1 nitrogen and oxygen atoms in total. The molecule has 1 unspecified atom stereocenters. The van der Waals surface area contributed by atoms with E-state index >= 15 is 0 Å². The first-order valence-electron chi connectivity index (χ1n) is 6.59. The van der Waals surface area contributed by atoms with E-state index in [0.29, 0.717) is 5.92 Å². The van der Waals surface area contributed by atoms with Gasteiger partial charge in [0.15, 0.2) is 0 Å². The van der Waals surface area contributed by atoms with E-state index in [9.17, 15) is 5.11 Å². The van der Waals surface area contributed by atoms with E-state index < -0.39 is 0 Å². The molecule has 0 amide bonds. The summed E-state index contributed by atoms with van der Waals surface area (Å²) in [6.45, 7) is 2.10. The Bertz CT molecular complexity index is 521. The van der Waals surface area contributed by atoms with Gasteiger partial charge in [-0.05, 0) is 42.4 Å². The van der Waals surface area contributed by atoms with Crippen LogP contribution in [0.1, 0.15) is 30.1 Å². The summed E-state index contributed by atoms with van der Waals surface area (Å²) >= 11 is 0. The SMILES string of the molecule is Cc1ccc(-c2ccc(C(O)C3CC3)cc2)cc1. The average Bonchev–Trinajstić information content (AvgIpc) is 3.23. The molecule has 0 radical (unpaired) electrons.